The van der Waals surface area contributed by atoms with Crippen LogP contribution in [0.4, 0.5) is 0 Å². The average Bonchev–Trinajstić information content (AvgIpc) is 2.63. The smallest absolute Gasteiger partial charge is 0.256 e. The van der Waals surface area contributed by atoms with E-state index in [-0.39, 0.29) is 0 Å². The molecule has 3 heteroatoms. The fourth-order valence-electron chi connectivity index (χ4n) is 3.22. The minimum Gasteiger partial charge on any atom is -0.471 e. The van der Waals surface area contributed by atoms with Gasteiger partial charge in [-0.25, -0.2) is 0 Å². The number of rotatable bonds is 0. The molecule has 2 aliphatic carbocycles. The molecule has 1 N–H and O–H groups in total. The molecule has 1 aliphatic heterocycles. The predicted molar refractivity (Wildman–Crippen MR) is 49.8 cm³/mol. The third-order valence-electron chi connectivity index (χ3n) is 3.78. The van der Waals surface area contributed by atoms with Gasteiger partial charge < -0.3 is 10.1 Å². The molecule has 66 valence electrons. The Hall–Kier alpha value is -0.310. The van der Waals surface area contributed by atoms with E-state index >= 15 is 0 Å². The van der Waals surface area contributed by atoms with Crippen LogP contribution in [0.3, 0.4) is 0 Å². The number of ether oxygens (including phenoxy) is 1. The Morgan fingerprint density at radius 1 is 1.33 bits per heavy atom. The molecule has 0 amide bonds. The van der Waals surface area contributed by atoms with E-state index in [1.807, 2.05) is 0 Å². The van der Waals surface area contributed by atoms with Crippen molar-refractivity contribution in [1.82, 2.24) is 5.32 Å². The molecule has 0 spiro atoms. The van der Waals surface area contributed by atoms with Gasteiger partial charge in [0.05, 0.1) is 6.61 Å². The van der Waals surface area contributed by atoms with Gasteiger partial charge in [-0.2, -0.15) is 0 Å². The fourth-order valence-corrected chi connectivity index (χ4v) is 3.43. The Morgan fingerprint density at radius 3 is 3.08 bits per heavy atom. The second kappa shape index (κ2) is 2.34. The molecule has 4 atom stereocenters. The molecule has 2 nitrogen and oxygen atoms in total. The highest BCUT2D eigenvalue weighted by Gasteiger charge is 2.49. The molecule has 1 saturated heterocycles. The van der Waals surface area contributed by atoms with Crippen LogP contribution in [-0.4, -0.2) is 17.8 Å². The summed E-state index contributed by atoms with van der Waals surface area (Å²) >= 11 is 5.01. The zero-order valence-electron chi connectivity index (χ0n) is 6.95. The highest BCUT2D eigenvalue weighted by atomic mass is 32.1. The normalized spacial score (nSPS) is 49.8. The monoisotopic (exact) mass is 183 g/mol. The highest BCUT2D eigenvalue weighted by molar-refractivity contribution is 7.80. The number of hydrogen-bond donors (Lipinski definition) is 1. The van der Waals surface area contributed by atoms with E-state index in [9.17, 15) is 0 Å². The quantitative estimate of drug-likeness (QED) is 0.572. The van der Waals surface area contributed by atoms with Gasteiger partial charge in [0.1, 0.15) is 0 Å². The van der Waals surface area contributed by atoms with Crippen molar-refractivity contribution in [3.05, 3.63) is 0 Å². The van der Waals surface area contributed by atoms with Crippen LogP contribution in [0.1, 0.15) is 19.3 Å². The summed E-state index contributed by atoms with van der Waals surface area (Å²) < 4.78 is 5.36. The molecule has 0 aromatic carbocycles. The maximum absolute atomic E-state index is 5.36. The molecule has 2 saturated carbocycles. The van der Waals surface area contributed by atoms with Crippen LogP contribution >= 0.6 is 12.2 Å². The van der Waals surface area contributed by atoms with Crippen molar-refractivity contribution in [3.63, 3.8) is 0 Å². The molecular formula is C9H13NOS. The molecule has 0 radical (unpaired) electrons. The molecule has 0 aromatic heterocycles. The van der Waals surface area contributed by atoms with Crippen LogP contribution in [-0.2, 0) is 4.74 Å². The van der Waals surface area contributed by atoms with Gasteiger partial charge in [0.15, 0.2) is 0 Å². The molecule has 3 rings (SSSR count). The highest BCUT2D eigenvalue weighted by Crippen LogP contribution is 2.49. The van der Waals surface area contributed by atoms with Crippen LogP contribution in [0, 0.1) is 17.8 Å². The van der Waals surface area contributed by atoms with Crippen molar-refractivity contribution < 1.29 is 4.74 Å². The van der Waals surface area contributed by atoms with E-state index in [0.29, 0.717) is 11.2 Å². The van der Waals surface area contributed by atoms with Crippen LogP contribution in [0.5, 0.6) is 0 Å². The first-order chi connectivity index (χ1) is 5.84. The van der Waals surface area contributed by atoms with Crippen molar-refractivity contribution in [2.24, 2.45) is 17.8 Å². The van der Waals surface area contributed by atoms with Crippen LogP contribution < -0.4 is 5.32 Å². The number of hydrogen-bond acceptors (Lipinski definition) is 2. The number of thiocarbonyl (C=S) groups is 1. The Morgan fingerprint density at radius 2 is 2.17 bits per heavy atom. The zero-order chi connectivity index (χ0) is 8.13. The van der Waals surface area contributed by atoms with E-state index in [1.54, 1.807) is 0 Å². The molecule has 1 heterocycles. The van der Waals surface area contributed by atoms with Gasteiger partial charge in [0, 0.05) is 12.0 Å². The molecule has 3 aliphatic rings. The SMILES string of the molecule is S=C1NC2C3CCC(C3)C2CO1. The van der Waals surface area contributed by atoms with E-state index in [0.717, 1.165) is 24.4 Å². The van der Waals surface area contributed by atoms with Crippen LogP contribution in [0.25, 0.3) is 0 Å². The topological polar surface area (TPSA) is 21.3 Å². The van der Waals surface area contributed by atoms with Gasteiger partial charge in [-0.15, -0.1) is 0 Å². The fraction of sp³-hybridized carbons (Fsp3) is 0.889. The lowest BCUT2D eigenvalue weighted by molar-refractivity contribution is 0.121. The summed E-state index contributed by atoms with van der Waals surface area (Å²) in [6.45, 7) is 0.873. The van der Waals surface area contributed by atoms with Gasteiger partial charge in [-0.1, -0.05) is 0 Å². The minimum absolute atomic E-state index is 0.629. The molecule has 12 heavy (non-hydrogen) atoms. The van der Waals surface area contributed by atoms with Gasteiger partial charge >= 0.3 is 0 Å². The third-order valence-corrected chi connectivity index (χ3v) is 4.02. The Bertz CT molecular complexity index is 231. The maximum atomic E-state index is 5.36. The summed E-state index contributed by atoms with van der Waals surface area (Å²) in [5.74, 6) is 2.58. The third kappa shape index (κ3) is 0.830. The van der Waals surface area contributed by atoms with E-state index < -0.39 is 0 Å². The molecule has 2 bridgehead atoms. The summed E-state index contributed by atoms with van der Waals surface area (Å²) in [5, 5.41) is 3.95. The molecule has 3 fully saturated rings. The molecule has 0 aromatic rings. The minimum atomic E-state index is 0.629. The van der Waals surface area contributed by atoms with E-state index in [1.165, 1.54) is 19.3 Å². The van der Waals surface area contributed by atoms with Gasteiger partial charge in [-0.05, 0) is 43.3 Å². The van der Waals surface area contributed by atoms with Crippen molar-refractivity contribution in [3.8, 4) is 0 Å². The summed E-state index contributed by atoms with van der Waals surface area (Å²) in [6.07, 6.45) is 4.24. The Kier molecular flexibility index (Phi) is 1.39. The predicted octanol–water partition coefficient (Wildman–Crippen LogP) is 1.31. The van der Waals surface area contributed by atoms with Crippen LogP contribution in [0.2, 0.25) is 0 Å². The summed E-state index contributed by atoms with van der Waals surface area (Å²) in [5.41, 5.74) is 0. The van der Waals surface area contributed by atoms with Crippen LogP contribution in [0.15, 0.2) is 0 Å². The summed E-state index contributed by atoms with van der Waals surface area (Å²) in [4.78, 5) is 0. The van der Waals surface area contributed by atoms with Gasteiger partial charge in [-0.3, -0.25) is 0 Å². The van der Waals surface area contributed by atoms with Crippen molar-refractivity contribution in [2.45, 2.75) is 25.3 Å². The number of nitrogens with one attached hydrogen (secondary N) is 1. The van der Waals surface area contributed by atoms with E-state index in [4.69, 9.17) is 17.0 Å². The number of fused-ring (bicyclic) bond motifs is 5. The lowest BCUT2D eigenvalue weighted by Crippen LogP contribution is -2.50. The first-order valence-corrected chi connectivity index (χ1v) is 5.19. The molecule has 4 unspecified atom stereocenters. The second-order valence-electron chi connectivity index (χ2n) is 4.27. The van der Waals surface area contributed by atoms with Crippen molar-refractivity contribution in [1.29, 1.82) is 0 Å². The molecular weight excluding hydrogens is 170 g/mol. The van der Waals surface area contributed by atoms with E-state index in [2.05, 4.69) is 5.32 Å². The van der Waals surface area contributed by atoms with Gasteiger partial charge in [0.2, 0.25) is 0 Å². The first-order valence-electron chi connectivity index (χ1n) is 4.78. The largest absolute Gasteiger partial charge is 0.471 e. The zero-order valence-corrected chi connectivity index (χ0v) is 7.77. The summed E-state index contributed by atoms with van der Waals surface area (Å²) in [7, 11) is 0. The van der Waals surface area contributed by atoms with Crippen molar-refractivity contribution in [2.75, 3.05) is 6.61 Å². The Balaban J connectivity index is 1.85. The Labute approximate surface area is 77.7 Å². The summed E-state index contributed by atoms with van der Waals surface area (Å²) in [6, 6.07) is 0.657. The second-order valence-corrected chi connectivity index (χ2v) is 4.64. The lowest BCUT2D eigenvalue weighted by Gasteiger charge is -2.36. The lowest BCUT2D eigenvalue weighted by atomic mass is 9.84. The first kappa shape index (κ1) is 7.13. The van der Waals surface area contributed by atoms with Gasteiger partial charge in [0.25, 0.3) is 5.17 Å². The standard InChI is InChI=1S/C9H13NOS/c12-9-10-8-6-2-1-5(3-6)7(8)4-11-9/h5-8H,1-4H2,(H,10,12). The maximum Gasteiger partial charge on any atom is 0.256 e. The van der Waals surface area contributed by atoms with Crippen molar-refractivity contribution >= 4 is 17.4 Å². The average molecular weight is 183 g/mol.